The van der Waals surface area contributed by atoms with E-state index in [9.17, 15) is 8.78 Å². The van der Waals surface area contributed by atoms with Crippen molar-refractivity contribution < 1.29 is 18.3 Å². The molecule has 0 radical (unpaired) electrons. The Hall–Kier alpha value is -1.89. The first-order chi connectivity index (χ1) is 11.3. The molecule has 0 spiro atoms. The van der Waals surface area contributed by atoms with Gasteiger partial charge >= 0.3 is 6.61 Å². The van der Waals surface area contributed by atoms with E-state index in [1.807, 2.05) is 6.07 Å². The zero-order chi connectivity index (χ0) is 18.2. The molecule has 0 aromatic heterocycles. The third-order valence-corrected chi connectivity index (χ3v) is 3.51. The summed E-state index contributed by atoms with van der Waals surface area (Å²) in [5.41, 5.74) is 0.817. The summed E-state index contributed by atoms with van der Waals surface area (Å²) in [5, 5.41) is 6.34. The van der Waals surface area contributed by atoms with Crippen LogP contribution in [0.1, 0.15) is 26.3 Å². The van der Waals surface area contributed by atoms with Gasteiger partial charge in [-0.2, -0.15) is 8.78 Å². The van der Waals surface area contributed by atoms with Crippen LogP contribution < -0.4 is 15.4 Å². The lowest BCUT2D eigenvalue weighted by atomic mass is 9.89. The Kier molecular flexibility index (Phi) is 7.91. The van der Waals surface area contributed by atoms with Crippen molar-refractivity contribution in [2.24, 2.45) is 10.4 Å². The molecule has 1 aromatic rings. The fourth-order valence-electron chi connectivity index (χ4n) is 2.17. The SMILES string of the molecule is CN=C(NCc1cccc(OC(F)F)c1)NCC(OC)C(C)(C)C. The van der Waals surface area contributed by atoms with E-state index in [0.29, 0.717) is 19.0 Å². The van der Waals surface area contributed by atoms with Gasteiger partial charge in [-0.05, 0) is 23.1 Å². The molecule has 0 aliphatic carbocycles. The number of nitrogens with one attached hydrogen (secondary N) is 2. The Labute approximate surface area is 142 Å². The second-order valence-electron chi connectivity index (χ2n) is 6.42. The lowest BCUT2D eigenvalue weighted by Gasteiger charge is -2.30. The lowest BCUT2D eigenvalue weighted by molar-refractivity contribution is -0.0498. The molecule has 0 saturated carbocycles. The number of rotatable bonds is 7. The van der Waals surface area contributed by atoms with E-state index in [1.54, 1.807) is 26.3 Å². The maximum Gasteiger partial charge on any atom is 0.387 e. The molecular weight excluding hydrogens is 316 g/mol. The van der Waals surface area contributed by atoms with Crippen molar-refractivity contribution >= 4 is 5.96 Å². The maximum atomic E-state index is 12.2. The second kappa shape index (κ2) is 9.42. The number of ether oxygens (including phenoxy) is 2. The molecule has 0 aliphatic heterocycles. The van der Waals surface area contributed by atoms with Crippen molar-refractivity contribution in [2.75, 3.05) is 20.7 Å². The van der Waals surface area contributed by atoms with Gasteiger partial charge in [0.15, 0.2) is 5.96 Å². The summed E-state index contributed by atoms with van der Waals surface area (Å²) in [7, 11) is 3.35. The van der Waals surface area contributed by atoms with Gasteiger partial charge in [0.05, 0.1) is 6.10 Å². The third-order valence-electron chi connectivity index (χ3n) is 3.51. The fourth-order valence-corrected chi connectivity index (χ4v) is 2.17. The van der Waals surface area contributed by atoms with Crippen LogP contribution in [0.3, 0.4) is 0 Å². The van der Waals surface area contributed by atoms with E-state index >= 15 is 0 Å². The normalized spacial score (nSPS) is 13.8. The molecule has 5 nitrogen and oxygen atoms in total. The van der Waals surface area contributed by atoms with Crippen LogP contribution in [0.2, 0.25) is 0 Å². The van der Waals surface area contributed by atoms with Crippen LogP contribution in [0.5, 0.6) is 5.75 Å². The number of guanidine groups is 1. The molecular formula is C17H27F2N3O2. The van der Waals surface area contributed by atoms with Gasteiger partial charge in [-0.15, -0.1) is 0 Å². The van der Waals surface area contributed by atoms with E-state index in [-0.39, 0.29) is 17.3 Å². The number of hydrogen-bond donors (Lipinski definition) is 2. The predicted molar refractivity (Wildman–Crippen MR) is 91.5 cm³/mol. The summed E-state index contributed by atoms with van der Waals surface area (Å²) in [5.74, 6) is 0.751. The van der Waals surface area contributed by atoms with Crippen LogP contribution in [-0.2, 0) is 11.3 Å². The number of hydrogen-bond acceptors (Lipinski definition) is 3. The van der Waals surface area contributed by atoms with Crippen LogP contribution in [-0.4, -0.2) is 39.4 Å². The Morgan fingerprint density at radius 3 is 2.50 bits per heavy atom. The Balaban J connectivity index is 2.55. The summed E-state index contributed by atoms with van der Waals surface area (Å²) >= 11 is 0. The van der Waals surface area contributed by atoms with E-state index in [4.69, 9.17) is 4.74 Å². The summed E-state index contributed by atoms with van der Waals surface area (Å²) < 4.78 is 34.4. The molecule has 0 fully saturated rings. The minimum atomic E-state index is -2.83. The van der Waals surface area contributed by atoms with E-state index in [2.05, 4.69) is 41.1 Å². The monoisotopic (exact) mass is 343 g/mol. The maximum absolute atomic E-state index is 12.2. The number of methoxy groups -OCH3 is 1. The number of halogens is 2. The van der Waals surface area contributed by atoms with Gasteiger partial charge in [-0.25, -0.2) is 0 Å². The first-order valence-corrected chi connectivity index (χ1v) is 7.77. The minimum Gasteiger partial charge on any atom is -0.435 e. The van der Waals surface area contributed by atoms with Gasteiger partial charge in [-0.1, -0.05) is 32.9 Å². The number of aliphatic imine (C=N–C) groups is 1. The number of nitrogens with zero attached hydrogens (tertiary/aromatic N) is 1. The molecule has 0 aliphatic rings. The third kappa shape index (κ3) is 7.12. The molecule has 0 bridgehead atoms. The molecule has 0 heterocycles. The smallest absolute Gasteiger partial charge is 0.387 e. The average molecular weight is 343 g/mol. The lowest BCUT2D eigenvalue weighted by Crippen LogP contribution is -2.45. The van der Waals surface area contributed by atoms with Gasteiger partial charge in [0.25, 0.3) is 0 Å². The van der Waals surface area contributed by atoms with Crippen molar-refractivity contribution in [3.8, 4) is 5.75 Å². The topological polar surface area (TPSA) is 54.9 Å². The molecule has 2 N–H and O–H groups in total. The van der Waals surface area contributed by atoms with Gasteiger partial charge in [0.2, 0.25) is 0 Å². The van der Waals surface area contributed by atoms with Crippen molar-refractivity contribution in [1.29, 1.82) is 0 Å². The molecule has 7 heteroatoms. The summed E-state index contributed by atoms with van der Waals surface area (Å²) in [6, 6.07) is 6.56. The zero-order valence-corrected chi connectivity index (χ0v) is 14.9. The van der Waals surface area contributed by atoms with Gasteiger partial charge in [0.1, 0.15) is 5.75 Å². The summed E-state index contributed by atoms with van der Waals surface area (Å²) in [6.07, 6.45) is 0.0267. The standard InChI is InChI=1S/C17H27F2N3O2/c1-17(2,3)14(23-5)11-22-16(20-4)21-10-12-7-6-8-13(9-12)24-15(18)19/h6-9,14-15H,10-11H2,1-5H3,(H2,20,21,22). The Morgan fingerprint density at radius 2 is 1.96 bits per heavy atom. The Bertz CT molecular complexity index is 531. The van der Waals surface area contributed by atoms with E-state index < -0.39 is 6.61 Å². The second-order valence-corrected chi connectivity index (χ2v) is 6.42. The Morgan fingerprint density at radius 1 is 1.25 bits per heavy atom. The van der Waals surface area contributed by atoms with Crippen molar-refractivity contribution in [3.05, 3.63) is 29.8 Å². The molecule has 1 rings (SSSR count). The van der Waals surface area contributed by atoms with Crippen LogP contribution >= 0.6 is 0 Å². The van der Waals surface area contributed by atoms with Crippen molar-refractivity contribution in [3.63, 3.8) is 0 Å². The fraction of sp³-hybridized carbons (Fsp3) is 0.588. The highest BCUT2D eigenvalue weighted by Gasteiger charge is 2.24. The quantitative estimate of drug-likeness (QED) is 0.590. The van der Waals surface area contributed by atoms with E-state index in [1.165, 1.54) is 6.07 Å². The highest BCUT2D eigenvalue weighted by atomic mass is 19.3. The van der Waals surface area contributed by atoms with Crippen LogP contribution in [0, 0.1) is 5.41 Å². The first-order valence-electron chi connectivity index (χ1n) is 7.77. The number of benzene rings is 1. The molecule has 1 atom stereocenters. The van der Waals surface area contributed by atoms with Crippen molar-refractivity contribution in [1.82, 2.24) is 10.6 Å². The first kappa shape index (κ1) is 20.2. The van der Waals surface area contributed by atoms with Gasteiger partial charge < -0.3 is 20.1 Å². The van der Waals surface area contributed by atoms with Crippen LogP contribution in [0.4, 0.5) is 8.78 Å². The predicted octanol–water partition coefficient (Wildman–Crippen LogP) is 3.01. The average Bonchev–Trinajstić information content (AvgIpc) is 2.49. The highest BCUT2D eigenvalue weighted by molar-refractivity contribution is 5.79. The molecule has 1 unspecified atom stereocenters. The van der Waals surface area contributed by atoms with Crippen LogP contribution in [0.25, 0.3) is 0 Å². The highest BCUT2D eigenvalue weighted by Crippen LogP contribution is 2.21. The summed E-state index contributed by atoms with van der Waals surface area (Å²) in [6.45, 7) is 4.53. The van der Waals surface area contributed by atoms with E-state index in [0.717, 1.165) is 5.56 Å². The molecule has 0 amide bonds. The summed E-state index contributed by atoms with van der Waals surface area (Å²) in [4.78, 5) is 4.15. The number of alkyl halides is 2. The zero-order valence-electron chi connectivity index (χ0n) is 14.9. The van der Waals surface area contributed by atoms with Gasteiger partial charge in [-0.3, -0.25) is 4.99 Å². The van der Waals surface area contributed by atoms with Crippen LogP contribution in [0.15, 0.2) is 29.3 Å². The minimum absolute atomic E-state index is 0.00153. The molecule has 136 valence electrons. The van der Waals surface area contributed by atoms with Crippen molar-refractivity contribution in [2.45, 2.75) is 40.0 Å². The molecule has 1 aromatic carbocycles. The molecule has 0 saturated heterocycles. The largest absolute Gasteiger partial charge is 0.435 e. The molecule has 24 heavy (non-hydrogen) atoms. The van der Waals surface area contributed by atoms with Gasteiger partial charge in [0, 0.05) is 27.2 Å².